The molecular formula is C21H22N6O3. The molecule has 9 nitrogen and oxygen atoms in total. The molecule has 4 rings (SSSR count). The first-order chi connectivity index (χ1) is 14.4. The Kier molecular flexibility index (Phi) is 5.28. The highest BCUT2D eigenvalue weighted by atomic mass is 16.5. The number of hydrogen-bond donors (Lipinski definition) is 1. The largest absolute Gasteiger partial charge is 0.368 e. The van der Waals surface area contributed by atoms with Crippen molar-refractivity contribution >= 4 is 11.9 Å². The quantitative estimate of drug-likeness (QED) is 0.698. The van der Waals surface area contributed by atoms with E-state index in [0.717, 1.165) is 22.5 Å². The molecule has 1 aliphatic rings. The van der Waals surface area contributed by atoms with Crippen LogP contribution in [-0.2, 0) is 11.8 Å². The minimum Gasteiger partial charge on any atom is -0.368 e. The molecule has 0 saturated carbocycles. The third-order valence-corrected chi connectivity index (χ3v) is 4.99. The molecule has 1 aliphatic heterocycles. The zero-order valence-corrected chi connectivity index (χ0v) is 16.8. The Morgan fingerprint density at radius 3 is 2.70 bits per heavy atom. The van der Waals surface area contributed by atoms with Crippen LogP contribution in [0.4, 0.5) is 5.95 Å². The fraction of sp³-hybridized carbons (Fsp3) is 0.286. The fourth-order valence-corrected chi connectivity index (χ4v) is 3.43. The van der Waals surface area contributed by atoms with Gasteiger partial charge in [0.25, 0.3) is 5.91 Å². The third kappa shape index (κ3) is 4.06. The lowest BCUT2D eigenvalue weighted by Gasteiger charge is -2.33. The van der Waals surface area contributed by atoms with E-state index >= 15 is 0 Å². The van der Waals surface area contributed by atoms with E-state index in [-0.39, 0.29) is 23.5 Å². The first-order valence-electron chi connectivity index (χ1n) is 9.55. The molecule has 3 aromatic heterocycles. The zero-order chi connectivity index (χ0) is 21.3. The molecule has 1 atom stereocenters. The number of aryl methyl sites for hydroxylation is 2. The Labute approximate surface area is 173 Å². The van der Waals surface area contributed by atoms with Gasteiger partial charge in [-0.05, 0) is 30.7 Å². The molecule has 0 unspecified atom stereocenters. The van der Waals surface area contributed by atoms with Crippen molar-refractivity contribution in [3.8, 4) is 11.1 Å². The summed E-state index contributed by atoms with van der Waals surface area (Å²) in [6, 6.07) is 6.81. The molecule has 1 fully saturated rings. The van der Waals surface area contributed by atoms with Crippen LogP contribution in [0.15, 0.2) is 47.7 Å². The number of nitrogen functional groups attached to an aromatic ring is 1. The molecule has 2 N–H and O–H groups in total. The zero-order valence-electron chi connectivity index (χ0n) is 16.8. The fourth-order valence-electron chi connectivity index (χ4n) is 3.43. The van der Waals surface area contributed by atoms with E-state index in [1.165, 1.54) is 10.6 Å². The lowest BCUT2D eigenvalue weighted by molar-refractivity contribution is -0.0247. The van der Waals surface area contributed by atoms with Crippen LogP contribution < -0.4 is 11.3 Å². The predicted molar refractivity (Wildman–Crippen MR) is 111 cm³/mol. The van der Waals surface area contributed by atoms with Gasteiger partial charge in [-0.3, -0.25) is 14.6 Å². The summed E-state index contributed by atoms with van der Waals surface area (Å²) in [6.45, 7) is 3.15. The van der Waals surface area contributed by atoms with E-state index in [9.17, 15) is 9.59 Å². The summed E-state index contributed by atoms with van der Waals surface area (Å²) in [4.78, 5) is 39.0. The minimum atomic E-state index is -0.358. The van der Waals surface area contributed by atoms with Crippen molar-refractivity contribution in [1.82, 2.24) is 24.4 Å². The van der Waals surface area contributed by atoms with Gasteiger partial charge < -0.3 is 19.9 Å². The lowest BCUT2D eigenvalue weighted by atomic mass is 10.1. The maximum Gasteiger partial charge on any atom is 0.255 e. The van der Waals surface area contributed by atoms with Crippen LogP contribution in [0.25, 0.3) is 11.1 Å². The number of anilines is 1. The van der Waals surface area contributed by atoms with E-state index in [2.05, 4.69) is 15.0 Å². The molecule has 0 radical (unpaired) electrons. The molecule has 1 amide bonds. The van der Waals surface area contributed by atoms with Crippen molar-refractivity contribution < 1.29 is 9.53 Å². The Morgan fingerprint density at radius 2 is 1.97 bits per heavy atom. The molecular weight excluding hydrogens is 384 g/mol. The van der Waals surface area contributed by atoms with Crippen LogP contribution in [0.3, 0.4) is 0 Å². The number of pyridine rings is 2. The van der Waals surface area contributed by atoms with E-state index in [1.807, 2.05) is 19.1 Å². The summed E-state index contributed by atoms with van der Waals surface area (Å²) in [7, 11) is 1.63. The smallest absolute Gasteiger partial charge is 0.255 e. The standard InChI is InChI=1S/C21H22N6O3/c1-13-7-15(16-9-23-21(22)24-10-16)8-17(25-13)18-12-27(5-6-30-18)20(29)14-3-4-19(28)26(2)11-14/h3-4,7-11,18H,5-6,12H2,1-2H3,(H2,22,23,24)/t18-/m1/s1. The Bertz CT molecular complexity index is 1140. The number of nitrogens with zero attached hydrogens (tertiary/aromatic N) is 5. The molecule has 0 aliphatic carbocycles. The summed E-state index contributed by atoms with van der Waals surface area (Å²) in [5.41, 5.74) is 9.18. The van der Waals surface area contributed by atoms with Crippen molar-refractivity contribution in [3.63, 3.8) is 0 Å². The highest BCUT2D eigenvalue weighted by molar-refractivity contribution is 5.94. The Balaban J connectivity index is 1.58. The van der Waals surface area contributed by atoms with Crippen LogP contribution >= 0.6 is 0 Å². The van der Waals surface area contributed by atoms with Crippen molar-refractivity contribution in [2.24, 2.45) is 7.05 Å². The molecule has 4 heterocycles. The van der Waals surface area contributed by atoms with Crippen LogP contribution in [0.5, 0.6) is 0 Å². The number of amides is 1. The summed E-state index contributed by atoms with van der Waals surface area (Å²) in [6.07, 6.45) is 4.53. The van der Waals surface area contributed by atoms with Gasteiger partial charge in [0.1, 0.15) is 6.10 Å². The van der Waals surface area contributed by atoms with E-state index < -0.39 is 0 Å². The number of rotatable bonds is 3. The monoisotopic (exact) mass is 406 g/mol. The van der Waals surface area contributed by atoms with E-state index in [0.29, 0.717) is 25.3 Å². The van der Waals surface area contributed by atoms with Gasteiger partial charge in [0, 0.05) is 49.5 Å². The highest BCUT2D eigenvalue weighted by Crippen LogP contribution is 2.27. The van der Waals surface area contributed by atoms with Crippen LogP contribution in [-0.4, -0.2) is 50.0 Å². The van der Waals surface area contributed by atoms with Gasteiger partial charge in [-0.2, -0.15) is 0 Å². The molecule has 3 aromatic rings. The topological polar surface area (TPSA) is 116 Å². The van der Waals surface area contributed by atoms with Gasteiger partial charge in [0.05, 0.1) is 24.4 Å². The number of nitrogens with two attached hydrogens (primary N) is 1. The van der Waals surface area contributed by atoms with Gasteiger partial charge in [-0.15, -0.1) is 0 Å². The Hall–Kier alpha value is -3.59. The number of aromatic nitrogens is 4. The molecule has 0 bridgehead atoms. The van der Waals surface area contributed by atoms with Crippen molar-refractivity contribution in [3.05, 3.63) is 70.2 Å². The van der Waals surface area contributed by atoms with Crippen LogP contribution in [0, 0.1) is 6.92 Å². The second-order valence-corrected chi connectivity index (χ2v) is 7.23. The van der Waals surface area contributed by atoms with Gasteiger partial charge in [-0.25, -0.2) is 9.97 Å². The number of morpholine rings is 1. The first-order valence-corrected chi connectivity index (χ1v) is 9.55. The number of carbonyl (C=O) groups excluding carboxylic acids is 1. The van der Waals surface area contributed by atoms with Gasteiger partial charge in [0.2, 0.25) is 11.5 Å². The number of carbonyl (C=O) groups is 1. The summed E-state index contributed by atoms with van der Waals surface area (Å²) < 4.78 is 7.32. The van der Waals surface area contributed by atoms with Crippen molar-refractivity contribution in [2.45, 2.75) is 13.0 Å². The summed E-state index contributed by atoms with van der Waals surface area (Å²) in [5.74, 6) is 0.0756. The Morgan fingerprint density at radius 1 is 1.20 bits per heavy atom. The van der Waals surface area contributed by atoms with Gasteiger partial charge in [0.15, 0.2) is 0 Å². The maximum absolute atomic E-state index is 12.9. The van der Waals surface area contributed by atoms with Crippen molar-refractivity contribution in [1.29, 1.82) is 0 Å². The van der Waals surface area contributed by atoms with E-state index in [1.54, 1.807) is 36.6 Å². The van der Waals surface area contributed by atoms with E-state index in [4.69, 9.17) is 10.5 Å². The maximum atomic E-state index is 12.9. The molecule has 9 heteroatoms. The van der Waals surface area contributed by atoms with Gasteiger partial charge >= 0.3 is 0 Å². The summed E-state index contributed by atoms with van der Waals surface area (Å²) in [5, 5.41) is 0. The summed E-state index contributed by atoms with van der Waals surface area (Å²) >= 11 is 0. The average molecular weight is 406 g/mol. The lowest BCUT2D eigenvalue weighted by Crippen LogP contribution is -2.42. The number of hydrogen-bond acceptors (Lipinski definition) is 7. The number of ether oxygens (including phenoxy) is 1. The average Bonchev–Trinajstić information content (AvgIpc) is 2.75. The molecule has 30 heavy (non-hydrogen) atoms. The van der Waals surface area contributed by atoms with Crippen LogP contribution in [0.2, 0.25) is 0 Å². The van der Waals surface area contributed by atoms with Crippen molar-refractivity contribution in [2.75, 3.05) is 25.4 Å². The third-order valence-electron chi connectivity index (χ3n) is 4.99. The first kappa shape index (κ1) is 19.7. The normalized spacial score (nSPS) is 16.5. The predicted octanol–water partition coefficient (Wildman–Crippen LogP) is 1.34. The molecule has 0 aromatic carbocycles. The molecule has 1 saturated heterocycles. The second kappa shape index (κ2) is 8.03. The van der Waals surface area contributed by atoms with Gasteiger partial charge in [-0.1, -0.05) is 0 Å². The SMILES string of the molecule is Cc1cc(-c2cnc(N)nc2)cc([C@H]2CN(C(=O)c3ccc(=O)n(C)c3)CCO2)n1. The minimum absolute atomic E-state index is 0.140. The highest BCUT2D eigenvalue weighted by Gasteiger charge is 2.27. The molecule has 154 valence electrons. The second-order valence-electron chi connectivity index (χ2n) is 7.23. The van der Waals surface area contributed by atoms with Crippen LogP contribution in [0.1, 0.15) is 27.8 Å². The molecule has 0 spiro atoms.